The molecule has 0 amide bonds. The number of carbonyl (C=O) groups excluding carboxylic acids is 1. The highest BCUT2D eigenvalue weighted by Crippen LogP contribution is 2.44. The van der Waals surface area contributed by atoms with E-state index in [4.69, 9.17) is 4.74 Å². The standard InChI is InChI=1S/C16H18N2O2/c1-4-16(12-18,14(19)20-5-2)15(3,11-17)13-9-7-6-8-10-13/h6-10H,4-5H2,1-3H3/t15-,16-/m0/s1. The summed E-state index contributed by atoms with van der Waals surface area (Å²) in [4.78, 5) is 12.3. The number of carbonyl (C=O) groups is 1. The first-order chi connectivity index (χ1) is 9.52. The van der Waals surface area contributed by atoms with Crippen LogP contribution in [0.15, 0.2) is 30.3 Å². The molecule has 2 atom stereocenters. The van der Waals surface area contributed by atoms with Crippen molar-refractivity contribution in [1.82, 2.24) is 0 Å². The summed E-state index contributed by atoms with van der Waals surface area (Å²) in [6, 6.07) is 13.1. The molecule has 1 aromatic carbocycles. The van der Waals surface area contributed by atoms with Gasteiger partial charge >= 0.3 is 5.97 Å². The normalized spacial score (nSPS) is 16.1. The average Bonchev–Trinajstić information content (AvgIpc) is 2.49. The first-order valence-corrected chi connectivity index (χ1v) is 6.57. The van der Waals surface area contributed by atoms with Crippen molar-refractivity contribution >= 4 is 5.97 Å². The number of hydrogen-bond donors (Lipinski definition) is 0. The van der Waals surface area contributed by atoms with Gasteiger partial charge in [0.2, 0.25) is 0 Å². The molecule has 0 bridgehead atoms. The fourth-order valence-electron chi connectivity index (χ4n) is 2.37. The Morgan fingerprint density at radius 3 is 2.20 bits per heavy atom. The monoisotopic (exact) mass is 270 g/mol. The van der Waals surface area contributed by atoms with E-state index in [1.165, 1.54) is 0 Å². The van der Waals surface area contributed by atoms with Gasteiger partial charge in [0.25, 0.3) is 0 Å². The maximum Gasteiger partial charge on any atom is 0.328 e. The summed E-state index contributed by atoms with van der Waals surface area (Å²) in [5.41, 5.74) is -2.14. The Hall–Kier alpha value is -2.33. The first kappa shape index (κ1) is 15.7. The van der Waals surface area contributed by atoms with Crippen LogP contribution in [0, 0.1) is 28.1 Å². The molecule has 104 valence electrons. The maximum absolute atomic E-state index is 12.3. The lowest BCUT2D eigenvalue weighted by molar-refractivity contribution is -0.154. The highest BCUT2D eigenvalue weighted by Gasteiger charge is 2.56. The lowest BCUT2D eigenvalue weighted by atomic mass is 9.61. The summed E-state index contributed by atoms with van der Waals surface area (Å²) < 4.78 is 5.05. The molecule has 0 saturated carbocycles. The third kappa shape index (κ3) is 2.26. The number of nitrogens with zero attached hydrogens (tertiary/aromatic N) is 2. The molecule has 0 spiro atoms. The third-order valence-electron chi connectivity index (χ3n) is 3.77. The van der Waals surface area contributed by atoms with Gasteiger partial charge in [0.05, 0.1) is 18.7 Å². The van der Waals surface area contributed by atoms with Crippen molar-refractivity contribution in [2.45, 2.75) is 32.6 Å². The number of nitriles is 2. The van der Waals surface area contributed by atoms with Crippen molar-refractivity contribution in [2.24, 2.45) is 5.41 Å². The molecule has 0 saturated heterocycles. The van der Waals surface area contributed by atoms with Crippen molar-refractivity contribution in [3.05, 3.63) is 35.9 Å². The Morgan fingerprint density at radius 2 is 1.80 bits per heavy atom. The van der Waals surface area contributed by atoms with Gasteiger partial charge in [-0.05, 0) is 25.8 Å². The van der Waals surface area contributed by atoms with E-state index >= 15 is 0 Å². The van der Waals surface area contributed by atoms with E-state index in [0.29, 0.717) is 5.56 Å². The van der Waals surface area contributed by atoms with Gasteiger partial charge in [0.1, 0.15) is 5.41 Å². The van der Waals surface area contributed by atoms with Crippen molar-refractivity contribution in [2.75, 3.05) is 6.61 Å². The molecule has 0 heterocycles. The zero-order valence-corrected chi connectivity index (χ0v) is 12.0. The molecule has 0 aliphatic carbocycles. The van der Waals surface area contributed by atoms with E-state index in [9.17, 15) is 15.3 Å². The van der Waals surface area contributed by atoms with Crippen molar-refractivity contribution in [1.29, 1.82) is 10.5 Å². The molecule has 0 radical (unpaired) electrons. The average molecular weight is 270 g/mol. The summed E-state index contributed by atoms with van der Waals surface area (Å²) in [6.45, 7) is 5.20. The van der Waals surface area contributed by atoms with Gasteiger partial charge in [-0.1, -0.05) is 37.3 Å². The minimum Gasteiger partial charge on any atom is -0.465 e. The van der Waals surface area contributed by atoms with Crippen molar-refractivity contribution in [3.8, 4) is 12.1 Å². The number of rotatable bonds is 5. The number of hydrogen-bond acceptors (Lipinski definition) is 4. The molecule has 0 fully saturated rings. The smallest absolute Gasteiger partial charge is 0.328 e. The van der Waals surface area contributed by atoms with Gasteiger partial charge in [-0.3, -0.25) is 4.79 Å². The second-order valence-electron chi connectivity index (χ2n) is 4.69. The molecule has 1 rings (SSSR count). The van der Waals surface area contributed by atoms with Crippen LogP contribution in [0.5, 0.6) is 0 Å². The zero-order chi connectivity index (χ0) is 15.2. The maximum atomic E-state index is 12.3. The summed E-state index contributed by atoms with van der Waals surface area (Å²) in [5, 5.41) is 19.2. The summed E-state index contributed by atoms with van der Waals surface area (Å²) in [7, 11) is 0. The Balaban J connectivity index is 3.49. The van der Waals surface area contributed by atoms with Crippen LogP contribution in [0.4, 0.5) is 0 Å². The van der Waals surface area contributed by atoms with Gasteiger partial charge in [0, 0.05) is 0 Å². The predicted molar refractivity (Wildman–Crippen MR) is 74.4 cm³/mol. The molecule has 0 N–H and O–H groups in total. The number of benzene rings is 1. The Morgan fingerprint density at radius 1 is 1.20 bits per heavy atom. The highest BCUT2D eigenvalue weighted by atomic mass is 16.5. The van der Waals surface area contributed by atoms with Crippen molar-refractivity contribution in [3.63, 3.8) is 0 Å². The Bertz CT molecular complexity index is 556. The number of esters is 1. The molecule has 4 nitrogen and oxygen atoms in total. The molecule has 20 heavy (non-hydrogen) atoms. The second-order valence-corrected chi connectivity index (χ2v) is 4.69. The summed E-state index contributed by atoms with van der Waals surface area (Å²) in [5.74, 6) is -0.641. The van der Waals surface area contributed by atoms with Gasteiger partial charge in [-0.15, -0.1) is 0 Å². The lowest BCUT2D eigenvalue weighted by Crippen LogP contribution is -2.48. The van der Waals surface area contributed by atoms with Crippen LogP contribution in [-0.2, 0) is 14.9 Å². The Kier molecular flexibility index (Phi) is 4.88. The van der Waals surface area contributed by atoms with E-state index in [2.05, 4.69) is 6.07 Å². The van der Waals surface area contributed by atoms with Crippen molar-refractivity contribution < 1.29 is 9.53 Å². The largest absolute Gasteiger partial charge is 0.465 e. The molecule has 4 heteroatoms. The van der Waals surface area contributed by atoms with Crippen LogP contribution >= 0.6 is 0 Å². The lowest BCUT2D eigenvalue weighted by Gasteiger charge is -2.36. The molecule has 0 aromatic heterocycles. The molecule has 0 aliphatic rings. The zero-order valence-electron chi connectivity index (χ0n) is 12.0. The predicted octanol–water partition coefficient (Wildman–Crippen LogP) is 2.95. The van der Waals surface area contributed by atoms with Crippen LogP contribution in [0.2, 0.25) is 0 Å². The third-order valence-corrected chi connectivity index (χ3v) is 3.77. The van der Waals surface area contributed by atoms with E-state index in [0.717, 1.165) is 0 Å². The minimum absolute atomic E-state index is 0.179. The van der Waals surface area contributed by atoms with Gasteiger partial charge in [0.15, 0.2) is 5.41 Å². The van der Waals surface area contributed by atoms with Crippen LogP contribution in [-0.4, -0.2) is 12.6 Å². The topological polar surface area (TPSA) is 73.9 Å². The van der Waals surface area contributed by atoms with Crippen LogP contribution < -0.4 is 0 Å². The van der Waals surface area contributed by atoms with E-state index in [1.54, 1.807) is 45.0 Å². The molecular weight excluding hydrogens is 252 g/mol. The SMILES string of the molecule is CCOC(=O)[C@@](C#N)(CC)[C@@](C)(C#N)c1ccccc1. The van der Waals surface area contributed by atoms with Crippen LogP contribution in [0.3, 0.4) is 0 Å². The Labute approximate surface area is 119 Å². The molecule has 0 unspecified atom stereocenters. The van der Waals surface area contributed by atoms with Gasteiger partial charge in [-0.25, -0.2) is 0 Å². The van der Waals surface area contributed by atoms with Gasteiger partial charge in [-0.2, -0.15) is 10.5 Å². The van der Waals surface area contributed by atoms with E-state index in [-0.39, 0.29) is 13.0 Å². The molecule has 0 aliphatic heterocycles. The fraction of sp³-hybridized carbons (Fsp3) is 0.438. The fourth-order valence-corrected chi connectivity index (χ4v) is 2.37. The first-order valence-electron chi connectivity index (χ1n) is 6.57. The second kappa shape index (κ2) is 6.21. The van der Waals surface area contributed by atoms with Crippen LogP contribution in [0.25, 0.3) is 0 Å². The summed E-state index contributed by atoms with van der Waals surface area (Å²) in [6.07, 6.45) is 0.210. The molecular formula is C16H18N2O2. The van der Waals surface area contributed by atoms with E-state index in [1.807, 2.05) is 12.1 Å². The van der Waals surface area contributed by atoms with E-state index < -0.39 is 16.8 Å². The van der Waals surface area contributed by atoms with Crippen LogP contribution in [0.1, 0.15) is 32.8 Å². The number of ether oxygens (including phenoxy) is 1. The minimum atomic E-state index is -1.51. The summed E-state index contributed by atoms with van der Waals surface area (Å²) >= 11 is 0. The quantitative estimate of drug-likeness (QED) is 0.771. The van der Waals surface area contributed by atoms with Gasteiger partial charge < -0.3 is 4.74 Å². The highest BCUT2D eigenvalue weighted by molar-refractivity contribution is 5.83. The molecule has 1 aromatic rings.